The van der Waals surface area contributed by atoms with Crippen molar-refractivity contribution in [3.63, 3.8) is 0 Å². The highest BCUT2D eigenvalue weighted by Crippen LogP contribution is 2.41. The van der Waals surface area contributed by atoms with Gasteiger partial charge in [-0.3, -0.25) is 0 Å². The van der Waals surface area contributed by atoms with E-state index in [4.69, 9.17) is 11.6 Å². The van der Waals surface area contributed by atoms with Crippen LogP contribution in [-0.4, -0.2) is 52.0 Å². The summed E-state index contributed by atoms with van der Waals surface area (Å²) in [6.07, 6.45) is 1.62. The lowest BCUT2D eigenvalue weighted by Gasteiger charge is -2.37. The Morgan fingerprint density at radius 3 is 2.71 bits per heavy atom. The molecular formula is C17H22BrClN2O3. The number of carbonyl (C=O) groups is 1. The summed E-state index contributed by atoms with van der Waals surface area (Å²) in [5.41, 5.74) is 1.23. The molecule has 2 N–H and O–H groups in total. The van der Waals surface area contributed by atoms with E-state index in [-0.39, 0.29) is 6.04 Å². The Labute approximate surface area is 155 Å². The number of halogens is 2. The highest BCUT2D eigenvalue weighted by Gasteiger charge is 2.45. The summed E-state index contributed by atoms with van der Waals surface area (Å²) in [5, 5.41) is 20.6. The van der Waals surface area contributed by atoms with E-state index in [1.807, 2.05) is 12.1 Å². The number of likely N-dealkylation sites (tertiary alicyclic amines) is 1. The van der Waals surface area contributed by atoms with Crippen molar-refractivity contribution in [3.05, 3.63) is 27.2 Å². The predicted octanol–water partition coefficient (Wildman–Crippen LogP) is 3.75. The molecule has 0 aliphatic carbocycles. The molecule has 2 heterocycles. The molecule has 0 unspecified atom stereocenters. The van der Waals surface area contributed by atoms with Crippen LogP contribution in [0.2, 0.25) is 5.02 Å². The maximum atomic E-state index is 11.6. The Morgan fingerprint density at radius 2 is 2.12 bits per heavy atom. The minimum Gasteiger partial charge on any atom is -0.465 e. The van der Waals surface area contributed by atoms with Crippen molar-refractivity contribution < 1.29 is 15.0 Å². The van der Waals surface area contributed by atoms with Crippen molar-refractivity contribution >= 4 is 39.3 Å². The fraction of sp³-hybridized carbons (Fsp3) is 0.588. The molecular weight excluding hydrogens is 396 g/mol. The average molecular weight is 418 g/mol. The number of fused-ring (bicyclic) bond motifs is 1. The number of hydrogen-bond donors (Lipinski definition) is 2. The first-order chi connectivity index (χ1) is 11.2. The molecule has 132 valence electrons. The van der Waals surface area contributed by atoms with Gasteiger partial charge in [0.25, 0.3) is 0 Å². The Balaban J connectivity index is 1.93. The average Bonchev–Trinajstić information content (AvgIpc) is 2.91. The fourth-order valence-corrected chi connectivity index (χ4v) is 5.07. The molecule has 2 atom stereocenters. The topological polar surface area (TPSA) is 64.0 Å². The summed E-state index contributed by atoms with van der Waals surface area (Å²) in [6, 6.07) is 3.52. The third kappa shape index (κ3) is 3.24. The third-order valence-corrected chi connectivity index (χ3v) is 5.84. The van der Waals surface area contributed by atoms with Gasteiger partial charge in [-0.1, -0.05) is 11.6 Å². The predicted molar refractivity (Wildman–Crippen MR) is 98.0 cm³/mol. The number of rotatable bonds is 2. The van der Waals surface area contributed by atoms with Crippen molar-refractivity contribution in [2.24, 2.45) is 0 Å². The van der Waals surface area contributed by atoms with Crippen LogP contribution in [0.5, 0.6) is 0 Å². The van der Waals surface area contributed by atoms with E-state index >= 15 is 0 Å². The van der Waals surface area contributed by atoms with Crippen molar-refractivity contribution in [2.45, 2.75) is 50.8 Å². The second-order valence-corrected chi connectivity index (χ2v) is 8.48. The number of aliphatic hydroxyl groups is 1. The van der Waals surface area contributed by atoms with Gasteiger partial charge in [0.2, 0.25) is 0 Å². The minimum atomic E-state index is -1.07. The van der Waals surface area contributed by atoms with Gasteiger partial charge < -0.3 is 20.0 Å². The van der Waals surface area contributed by atoms with Crippen LogP contribution in [0.15, 0.2) is 16.6 Å². The number of aryl methyl sites for hydroxylation is 1. The van der Waals surface area contributed by atoms with Crippen LogP contribution in [-0.2, 0) is 6.42 Å². The van der Waals surface area contributed by atoms with E-state index in [2.05, 4.69) is 20.8 Å². The van der Waals surface area contributed by atoms with Gasteiger partial charge in [0.1, 0.15) is 0 Å². The van der Waals surface area contributed by atoms with Crippen molar-refractivity contribution in [2.75, 3.05) is 18.0 Å². The molecule has 0 spiro atoms. The highest BCUT2D eigenvalue weighted by molar-refractivity contribution is 9.10. The zero-order valence-corrected chi connectivity index (χ0v) is 16.1. The molecule has 2 aliphatic heterocycles. The maximum Gasteiger partial charge on any atom is 0.407 e. The van der Waals surface area contributed by atoms with E-state index in [1.54, 1.807) is 13.8 Å². The van der Waals surface area contributed by atoms with Crippen LogP contribution in [0.1, 0.15) is 32.3 Å². The lowest BCUT2D eigenvalue weighted by atomic mass is 9.94. The second kappa shape index (κ2) is 6.39. The summed E-state index contributed by atoms with van der Waals surface area (Å²) in [7, 11) is 0. The van der Waals surface area contributed by atoms with Crippen LogP contribution in [0.4, 0.5) is 10.5 Å². The van der Waals surface area contributed by atoms with Crippen molar-refractivity contribution in [1.29, 1.82) is 0 Å². The summed E-state index contributed by atoms with van der Waals surface area (Å²) >= 11 is 9.78. The lowest BCUT2D eigenvalue weighted by Crippen LogP contribution is -2.47. The van der Waals surface area contributed by atoms with Crippen LogP contribution in [0, 0.1) is 0 Å². The van der Waals surface area contributed by atoms with Gasteiger partial charge in [-0.05, 0) is 66.7 Å². The van der Waals surface area contributed by atoms with Gasteiger partial charge in [0.15, 0.2) is 0 Å². The number of nitrogens with zero attached hydrogens (tertiary/aromatic N) is 2. The molecule has 1 aromatic carbocycles. The molecule has 0 bridgehead atoms. The van der Waals surface area contributed by atoms with E-state index < -0.39 is 17.7 Å². The first-order valence-corrected chi connectivity index (χ1v) is 9.32. The molecule has 7 heteroatoms. The minimum absolute atomic E-state index is 0.0500. The maximum absolute atomic E-state index is 11.6. The fourth-order valence-electron chi connectivity index (χ4n) is 3.97. The first-order valence-electron chi connectivity index (χ1n) is 8.15. The van der Waals surface area contributed by atoms with Crippen molar-refractivity contribution in [1.82, 2.24) is 4.90 Å². The van der Waals surface area contributed by atoms with Gasteiger partial charge in [-0.25, -0.2) is 4.79 Å². The zero-order valence-electron chi connectivity index (χ0n) is 13.8. The Hall–Kier alpha value is -0.980. The number of carboxylic acid groups (broad SMARTS) is 1. The molecule has 3 rings (SSSR count). The summed E-state index contributed by atoms with van der Waals surface area (Å²) in [4.78, 5) is 15.3. The lowest BCUT2D eigenvalue weighted by molar-refractivity contribution is 0.00180. The van der Waals surface area contributed by atoms with Crippen molar-refractivity contribution in [3.8, 4) is 0 Å². The van der Waals surface area contributed by atoms with E-state index in [1.165, 1.54) is 10.5 Å². The largest absolute Gasteiger partial charge is 0.465 e. The number of anilines is 1. The van der Waals surface area contributed by atoms with Gasteiger partial charge in [-0.15, -0.1) is 0 Å². The molecule has 1 saturated heterocycles. The number of benzene rings is 1. The second-order valence-electron chi connectivity index (χ2n) is 7.19. The molecule has 5 nitrogen and oxygen atoms in total. The molecule has 1 aromatic rings. The Kier molecular flexibility index (Phi) is 4.75. The first kappa shape index (κ1) is 17.8. The monoisotopic (exact) mass is 416 g/mol. The standard InChI is InChI=1S/C17H22BrClN2O3/c1-17(2,24)14-8-12(9-21(14)16(22)23)20-5-3-4-10-6-11(19)7-13(18)15(10)20/h6-7,12,14,24H,3-5,8-9H2,1-2H3,(H,22,23)/t12-,14+/m0/s1. The van der Waals surface area contributed by atoms with Gasteiger partial charge in [0.05, 0.1) is 17.3 Å². The normalized spacial score (nSPS) is 24.2. The Bertz CT molecular complexity index is 662. The third-order valence-electron chi connectivity index (χ3n) is 5.02. The molecule has 24 heavy (non-hydrogen) atoms. The van der Waals surface area contributed by atoms with Gasteiger partial charge in [0, 0.05) is 28.6 Å². The molecule has 0 saturated carbocycles. The van der Waals surface area contributed by atoms with Crippen LogP contribution >= 0.6 is 27.5 Å². The van der Waals surface area contributed by atoms with Crippen LogP contribution in [0.3, 0.4) is 0 Å². The van der Waals surface area contributed by atoms with E-state index in [0.717, 1.165) is 29.5 Å². The quantitative estimate of drug-likeness (QED) is 0.769. The Morgan fingerprint density at radius 1 is 1.42 bits per heavy atom. The molecule has 1 fully saturated rings. The molecule has 1 amide bonds. The molecule has 2 aliphatic rings. The smallest absolute Gasteiger partial charge is 0.407 e. The summed E-state index contributed by atoms with van der Waals surface area (Å²) in [6.45, 7) is 4.63. The van der Waals surface area contributed by atoms with Gasteiger partial charge in [-0.2, -0.15) is 0 Å². The van der Waals surface area contributed by atoms with Crippen LogP contribution < -0.4 is 4.90 Å². The SMILES string of the molecule is CC(C)(O)[C@H]1C[C@H](N2CCCc3cc(Cl)cc(Br)c32)CN1C(=O)O. The van der Waals surface area contributed by atoms with Crippen LogP contribution in [0.25, 0.3) is 0 Å². The highest BCUT2D eigenvalue weighted by atomic mass is 79.9. The summed E-state index contributed by atoms with van der Waals surface area (Å²) in [5.74, 6) is 0. The zero-order chi connectivity index (χ0) is 17.6. The van der Waals surface area contributed by atoms with E-state index in [9.17, 15) is 15.0 Å². The summed E-state index contributed by atoms with van der Waals surface area (Å²) < 4.78 is 0.943. The number of amides is 1. The number of hydrogen-bond acceptors (Lipinski definition) is 3. The molecule has 0 radical (unpaired) electrons. The van der Waals surface area contributed by atoms with Gasteiger partial charge >= 0.3 is 6.09 Å². The van der Waals surface area contributed by atoms with E-state index in [0.29, 0.717) is 18.0 Å². The molecule has 0 aromatic heterocycles.